The second-order valence-electron chi connectivity index (χ2n) is 2.89. The van der Waals surface area contributed by atoms with Gasteiger partial charge in [-0.3, -0.25) is 0 Å². The second-order valence-corrected chi connectivity index (χ2v) is 2.89. The van der Waals surface area contributed by atoms with Gasteiger partial charge in [0.2, 0.25) is 0 Å². The van der Waals surface area contributed by atoms with Gasteiger partial charge in [-0.25, -0.2) is 0 Å². The van der Waals surface area contributed by atoms with Crippen LogP contribution in [0.4, 0.5) is 0 Å². The zero-order chi connectivity index (χ0) is 5.98. The summed E-state index contributed by atoms with van der Waals surface area (Å²) in [6.45, 7) is 5.98. The van der Waals surface area contributed by atoms with Gasteiger partial charge in [0.1, 0.15) is 0 Å². The van der Waals surface area contributed by atoms with Gasteiger partial charge >= 0.3 is 0 Å². The van der Waals surface area contributed by atoms with Crippen molar-refractivity contribution in [2.45, 2.75) is 26.2 Å². The third-order valence-corrected chi connectivity index (χ3v) is 1.80. The lowest BCUT2D eigenvalue weighted by atomic mass is 10.1. The number of rotatable bonds is 3. The van der Waals surface area contributed by atoms with E-state index in [1.807, 2.05) is 0 Å². The van der Waals surface area contributed by atoms with E-state index in [9.17, 15) is 0 Å². The van der Waals surface area contributed by atoms with Gasteiger partial charge in [-0.2, -0.15) is 0 Å². The maximum atomic E-state index is 3.74. The highest BCUT2D eigenvalue weighted by molar-refractivity contribution is 4.82. The Labute approximate surface area is 51.6 Å². The molecule has 0 N–H and O–H groups in total. The molecule has 0 aromatic rings. The number of hydrogen-bond acceptors (Lipinski definition) is 0. The molecular weight excluding hydrogens is 96.1 g/mol. The topological polar surface area (TPSA) is 0 Å². The van der Waals surface area contributed by atoms with E-state index >= 15 is 0 Å². The quantitative estimate of drug-likeness (QED) is 0.490. The maximum Gasteiger partial charge on any atom is -0.0262 e. The summed E-state index contributed by atoms with van der Waals surface area (Å²) in [4.78, 5) is 0. The van der Waals surface area contributed by atoms with Crippen LogP contribution >= 0.6 is 0 Å². The van der Waals surface area contributed by atoms with E-state index in [1.165, 1.54) is 19.3 Å². The van der Waals surface area contributed by atoms with Crippen molar-refractivity contribution in [3.05, 3.63) is 12.7 Å². The Morgan fingerprint density at radius 3 is 2.75 bits per heavy atom. The molecule has 1 fully saturated rings. The van der Waals surface area contributed by atoms with Gasteiger partial charge in [0, 0.05) is 0 Å². The highest BCUT2D eigenvalue weighted by atomic mass is 14.3. The molecule has 0 heterocycles. The molecule has 8 heavy (non-hydrogen) atoms. The second kappa shape index (κ2) is 2.34. The summed E-state index contributed by atoms with van der Waals surface area (Å²) in [7, 11) is 0. The van der Waals surface area contributed by atoms with Crippen molar-refractivity contribution >= 4 is 0 Å². The molecule has 0 aliphatic heterocycles. The first-order valence-electron chi connectivity index (χ1n) is 3.45. The summed E-state index contributed by atoms with van der Waals surface area (Å²) in [5.74, 6) is 1.81. The summed E-state index contributed by atoms with van der Waals surface area (Å²) in [6.07, 6.45) is 6.37. The summed E-state index contributed by atoms with van der Waals surface area (Å²) in [5, 5.41) is 0. The standard InChI is InChI=1S/C8H14/c1-3-7(2)6-8-4-5-8/h3,7-8H,1,4-6H2,2H3. The smallest absolute Gasteiger partial charge is 0.0262 e. The van der Waals surface area contributed by atoms with Crippen molar-refractivity contribution < 1.29 is 0 Å². The van der Waals surface area contributed by atoms with Gasteiger partial charge < -0.3 is 0 Å². The molecule has 1 rings (SSSR count). The average Bonchev–Trinajstić information content (AvgIpc) is 2.50. The summed E-state index contributed by atoms with van der Waals surface area (Å²) >= 11 is 0. The van der Waals surface area contributed by atoms with E-state index in [0.717, 1.165) is 11.8 Å². The van der Waals surface area contributed by atoms with E-state index in [1.54, 1.807) is 0 Å². The number of hydrogen-bond donors (Lipinski definition) is 0. The Bertz CT molecular complexity index is 80.0. The van der Waals surface area contributed by atoms with Gasteiger partial charge in [-0.05, 0) is 18.3 Å². The van der Waals surface area contributed by atoms with Crippen LogP contribution in [0.3, 0.4) is 0 Å². The van der Waals surface area contributed by atoms with Gasteiger partial charge in [-0.1, -0.05) is 25.8 Å². The molecule has 0 saturated heterocycles. The fourth-order valence-electron chi connectivity index (χ4n) is 0.976. The van der Waals surface area contributed by atoms with Crippen LogP contribution < -0.4 is 0 Å². The molecule has 0 spiro atoms. The minimum Gasteiger partial charge on any atom is -0.103 e. The molecule has 0 radical (unpaired) electrons. The maximum absolute atomic E-state index is 3.74. The Morgan fingerprint density at radius 1 is 1.75 bits per heavy atom. The van der Waals surface area contributed by atoms with Crippen LogP contribution in [-0.4, -0.2) is 0 Å². The molecule has 0 amide bonds. The van der Waals surface area contributed by atoms with Crippen LogP contribution in [0.15, 0.2) is 12.7 Å². The molecule has 1 unspecified atom stereocenters. The first-order valence-corrected chi connectivity index (χ1v) is 3.45. The van der Waals surface area contributed by atoms with Crippen molar-refractivity contribution in [2.75, 3.05) is 0 Å². The van der Waals surface area contributed by atoms with Gasteiger partial charge in [-0.15, -0.1) is 6.58 Å². The van der Waals surface area contributed by atoms with Crippen molar-refractivity contribution in [3.63, 3.8) is 0 Å². The van der Waals surface area contributed by atoms with Gasteiger partial charge in [0.25, 0.3) is 0 Å². The Kier molecular flexibility index (Phi) is 1.72. The normalized spacial score (nSPS) is 22.6. The molecule has 1 aliphatic carbocycles. The molecule has 0 aromatic heterocycles. The lowest BCUT2D eigenvalue weighted by Gasteiger charge is -2.00. The lowest BCUT2D eigenvalue weighted by molar-refractivity contribution is 0.592. The molecule has 46 valence electrons. The summed E-state index contributed by atoms with van der Waals surface area (Å²) in [6, 6.07) is 0. The molecule has 1 saturated carbocycles. The predicted molar refractivity (Wildman–Crippen MR) is 36.7 cm³/mol. The average molecular weight is 110 g/mol. The molecule has 1 atom stereocenters. The Morgan fingerprint density at radius 2 is 2.38 bits per heavy atom. The Hall–Kier alpha value is -0.260. The third-order valence-electron chi connectivity index (χ3n) is 1.80. The van der Waals surface area contributed by atoms with E-state index in [0.29, 0.717) is 0 Å². The summed E-state index contributed by atoms with van der Waals surface area (Å²) in [5.41, 5.74) is 0. The van der Waals surface area contributed by atoms with Crippen LogP contribution in [-0.2, 0) is 0 Å². The van der Waals surface area contributed by atoms with E-state index in [-0.39, 0.29) is 0 Å². The highest BCUT2D eigenvalue weighted by Crippen LogP contribution is 2.35. The molecule has 0 nitrogen and oxygen atoms in total. The fourth-order valence-corrected chi connectivity index (χ4v) is 0.976. The zero-order valence-corrected chi connectivity index (χ0v) is 5.56. The molecule has 0 bridgehead atoms. The summed E-state index contributed by atoms with van der Waals surface area (Å²) < 4.78 is 0. The van der Waals surface area contributed by atoms with Crippen LogP contribution in [0.5, 0.6) is 0 Å². The van der Waals surface area contributed by atoms with Gasteiger partial charge in [0.05, 0.1) is 0 Å². The van der Waals surface area contributed by atoms with Crippen LogP contribution in [0.1, 0.15) is 26.2 Å². The minimum atomic E-state index is 0.752. The predicted octanol–water partition coefficient (Wildman–Crippen LogP) is 2.61. The fraction of sp³-hybridized carbons (Fsp3) is 0.750. The van der Waals surface area contributed by atoms with E-state index < -0.39 is 0 Å². The van der Waals surface area contributed by atoms with Crippen LogP contribution in [0, 0.1) is 11.8 Å². The third kappa shape index (κ3) is 1.69. The monoisotopic (exact) mass is 110 g/mol. The molecular formula is C8H14. The minimum absolute atomic E-state index is 0.752. The highest BCUT2D eigenvalue weighted by Gasteiger charge is 2.21. The van der Waals surface area contributed by atoms with Crippen molar-refractivity contribution in [2.24, 2.45) is 11.8 Å². The largest absolute Gasteiger partial charge is 0.103 e. The van der Waals surface area contributed by atoms with E-state index in [4.69, 9.17) is 0 Å². The first-order chi connectivity index (χ1) is 3.83. The van der Waals surface area contributed by atoms with Crippen molar-refractivity contribution in [1.82, 2.24) is 0 Å². The SMILES string of the molecule is C=CC(C)CC1CC1. The van der Waals surface area contributed by atoms with Crippen molar-refractivity contribution in [1.29, 1.82) is 0 Å². The van der Waals surface area contributed by atoms with Crippen LogP contribution in [0.25, 0.3) is 0 Å². The van der Waals surface area contributed by atoms with E-state index in [2.05, 4.69) is 19.6 Å². The lowest BCUT2D eigenvalue weighted by Crippen LogP contribution is -1.88. The first kappa shape index (κ1) is 5.87. The molecule has 0 heteroatoms. The Balaban J connectivity index is 2.06. The van der Waals surface area contributed by atoms with Crippen molar-refractivity contribution in [3.8, 4) is 0 Å². The molecule has 0 aromatic carbocycles. The molecule has 1 aliphatic rings. The number of allylic oxidation sites excluding steroid dienone is 1. The van der Waals surface area contributed by atoms with Gasteiger partial charge in [0.15, 0.2) is 0 Å². The van der Waals surface area contributed by atoms with Crippen LogP contribution in [0.2, 0.25) is 0 Å². The zero-order valence-electron chi connectivity index (χ0n) is 5.56.